The molecule has 0 aromatic carbocycles. The molecule has 0 heterocycles. The van der Waals surface area contributed by atoms with Gasteiger partial charge in [0.05, 0.1) is 0 Å². The van der Waals surface area contributed by atoms with Crippen LogP contribution in [-0.2, 0) is 0 Å². The number of nitrogens with zero attached hydrogens (tertiary/aromatic N) is 1. The lowest BCUT2D eigenvalue weighted by atomic mass is 9.84. The van der Waals surface area contributed by atoms with Gasteiger partial charge in [0.2, 0.25) is 0 Å². The zero-order valence-corrected chi connectivity index (χ0v) is 12.6. The summed E-state index contributed by atoms with van der Waals surface area (Å²) in [5.41, 5.74) is 0.230. The molecule has 0 aliphatic carbocycles. The third-order valence-electron chi connectivity index (χ3n) is 4.04. The van der Waals surface area contributed by atoms with Crippen LogP contribution in [0.5, 0.6) is 0 Å². The molecule has 0 aromatic heterocycles. The molecule has 2 atom stereocenters. The second-order valence-electron chi connectivity index (χ2n) is 4.69. The van der Waals surface area contributed by atoms with Crippen LogP contribution in [0.4, 0.5) is 0 Å². The van der Waals surface area contributed by atoms with E-state index in [1.54, 1.807) is 0 Å². The van der Waals surface area contributed by atoms with E-state index in [1.165, 1.54) is 6.42 Å². The number of rotatable bonds is 8. The van der Waals surface area contributed by atoms with E-state index < -0.39 is 0 Å². The smallest absolute Gasteiger partial charge is 0.0331 e. The van der Waals surface area contributed by atoms with Gasteiger partial charge in [-0.3, -0.25) is 4.90 Å². The molecule has 0 rings (SSSR count). The van der Waals surface area contributed by atoms with Gasteiger partial charge in [0.1, 0.15) is 0 Å². The van der Waals surface area contributed by atoms with Crippen molar-refractivity contribution in [1.82, 2.24) is 10.2 Å². The van der Waals surface area contributed by atoms with E-state index in [4.69, 9.17) is 0 Å². The summed E-state index contributed by atoms with van der Waals surface area (Å²) in [6, 6.07) is 0.508. The molecular formula is C15H30N2. The first kappa shape index (κ1) is 16.5. The molecule has 0 aliphatic heterocycles. The van der Waals surface area contributed by atoms with Gasteiger partial charge < -0.3 is 5.32 Å². The highest BCUT2D eigenvalue weighted by atomic mass is 15.2. The summed E-state index contributed by atoms with van der Waals surface area (Å²) < 4.78 is 0. The van der Waals surface area contributed by atoms with E-state index in [1.807, 2.05) is 6.92 Å². The predicted octanol–water partition coefficient (Wildman–Crippen LogP) is 2.89. The molecule has 17 heavy (non-hydrogen) atoms. The molecular weight excluding hydrogens is 208 g/mol. The molecule has 0 amide bonds. The lowest BCUT2D eigenvalue weighted by Gasteiger charge is -2.45. The van der Waals surface area contributed by atoms with E-state index in [-0.39, 0.29) is 5.54 Å². The summed E-state index contributed by atoms with van der Waals surface area (Å²) in [4.78, 5) is 2.56. The molecule has 100 valence electrons. The summed E-state index contributed by atoms with van der Waals surface area (Å²) in [7, 11) is 2.07. The maximum absolute atomic E-state index is 3.49. The van der Waals surface area contributed by atoms with Crippen LogP contribution in [0.3, 0.4) is 0 Å². The van der Waals surface area contributed by atoms with Crippen molar-refractivity contribution < 1.29 is 0 Å². The Balaban J connectivity index is 4.78. The Morgan fingerprint density at radius 1 is 1.24 bits per heavy atom. The van der Waals surface area contributed by atoms with Gasteiger partial charge in [-0.25, -0.2) is 0 Å². The van der Waals surface area contributed by atoms with E-state index in [9.17, 15) is 0 Å². The summed E-state index contributed by atoms with van der Waals surface area (Å²) in [5, 5.41) is 3.49. The van der Waals surface area contributed by atoms with Crippen LogP contribution in [0.2, 0.25) is 0 Å². The summed E-state index contributed by atoms with van der Waals surface area (Å²) in [5.74, 6) is 6.16. The third-order valence-corrected chi connectivity index (χ3v) is 4.04. The predicted molar refractivity (Wildman–Crippen MR) is 77.1 cm³/mol. The Morgan fingerprint density at radius 2 is 1.82 bits per heavy atom. The van der Waals surface area contributed by atoms with Crippen molar-refractivity contribution in [3.8, 4) is 11.8 Å². The first-order valence-electron chi connectivity index (χ1n) is 6.92. The minimum absolute atomic E-state index is 0.230. The second kappa shape index (κ2) is 8.55. The Bertz CT molecular complexity index is 247. The van der Waals surface area contributed by atoms with Gasteiger partial charge in [0, 0.05) is 18.0 Å². The van der Waals surface area contributed by atoms with Gasteiger partial charge in [-0.1, -0.05) is 20.8 Å². The molecule has 0 saturated heterocycles. The van der Waals surface area contributed by atoms with Crippen molar-refractivity contribution in [2.45, 2.75) is 65.5 Å². The van der Waals surface area contributed by atoms with Crippen LogP contribution in [-0.4, -0.2) is 36.6 Å². The van der Waals surface area contributed by atoms with Crippen molar-refractivity contribution >= 4 is 0 Å². The number of likely N-dealkylation sites (N-methyl/N-ethyl adjacent to an activating group) is 2. The maximum Gasteiger partial charge on any atom is 0.0331 e. The normalized spacial score (nSPS) is 16.2. The standard InChI is InChI=1S/C15H30N2/c1-7-11-12-13-14(16-6)15(5,8-2)17(9-3)10-4/h14,16H,8-10,12-13H2,1-6H3. The highest BCUT2D eigenvalue weighted by molar-refractivity contribution is 5.00. The van der Waals surface area contributed by atoms with Crippen LogP contribution in [0, 0.1) is 11.8 Å². The minimum atomic E-state index is 0.230. The fourth-order valence-electron chi connectivity index (χ4n) is 2.74. The zero-order valence-electron chi connectivity index (χ0n) is 12.6. The fourth-order valence-corrected chi connectivity index (χ4v) is 2.74. The average Bonchev–Trinajstić information content (AvgIpc) is 2.35. The van der Waals surface area contributed by atoms with E-state index in [0.717, 1.165) is 25.9 Å². The topological polar surface area (TPSA) is 15.3 Å². The van der Waals surface area contributed by atoms with Crippen molar-refractivity contribution in [3.05, 3.63) is 0 Å². The Labute approximate surface area is 108 Å². The second-order valence-corrected chi connectivity index (χ2v) is 4.69. The quantitative estimate of drug-likeness (QED) is 0.654. The van der Waals surface area contributed by atoms with Crippen LogP contribution in [0.1, 0.15) is 53.9 Å². The Hall–Kier alpha value is -0.520. The van der Waals surface area contributed by atoms with E-state index >= 15 is 0 Å². The molecule has 0 spiro atoms. The van der Waals surface area contributed by atoms with Gasteiger partial charge in [-0.05, 0) is 46.8 Å². The van der Waals surface area contributed by atoms with Crippen molar-refractivity contribution in [2.24, 2.45) is 0 Å². The molecule has 0 aliphatic rings. The largest absolute Gasteiger partial charge is 0.315 e. The minimum Gasteiger partial charge on any atom is -0.315 e. The van der Waals surface area contributed by atoms with Gasteiger partial charge in [0.25, 0.3) is 0 Å². The third kappa shape index (κ3) is 4.33. The van der Waals surface area contributed by atoms with Gasteiger partial charge >= 0.3 is 0 Å². The lowest BCUT2D eigenvalue weighted by Crippen LogP contribution is -2.58. The fraction of sp³-hybridized carbons (Fsp3) is 0.867. The molecule has 0 aromatic rings. The number of nitrogens with one attached hydrogen (secondary N) is 1. The molecule has 2 nitrogen and oxygen atoms in total. The molecule has 0 saturated carbocycles. The zero-order chi connectivity index (χ0) is 13.3. The summed E-state index contributed by atoms with van der Waals surface area (Å²) in [6.45, 7) is 13.3. The first-order valence-corrected chi connectivity index (χ1v) is 6.92. The average molecular weight is 238 g/mol. The number of hydrogen-bond donors (Lipinski definition) is 1. The van der Waals surface area contributed by atoms with Crippen molar-refractivity contribution in [3.63, 3.8) is 0 Å². The molecule has 0 fully saturated rings. The number of hydrogen-bond acceptors (Lipinski definition) is 2. The van der Waals surface area contributed by atoms with Crippen LogP contribution < -0.4 is 5.32 Å². The molecule has 0 bridgehead atoms. The van der Waals surface area contributed by atoms with Crippen LogP contribution in [0.15, 0.2) is 0 Å². The van der Waals surface area contributed by atoms with Gasteiger partial charge in [-0.15, -0.1) is 11.8 Å². The molecule has 0 radical (unpaired) electrons. The maximum atomic E-state index is 3.49. The van der Waals surface area contributed by atoms with Gasteiger partial charge in [-0.2, -0.15) is 0 Å². The summed E-state index contributed by atoms with van der Waals surface area (Å²) in [6.07, 6.45) is 3.27. The van der Waals surface area contributed by atoms with E-state index in [0.29, 0.717) is 6.04 Å². The van der Waals surface area contributed by atoms with Gasteiger partial charge in [0.15, 0.2) is 0 Å². The highest BCUT2D eigenvalue weighted by Gasteiger charge is 2.35. The van der Waals surface area contributed by atoms with Crippen molar-refractivity contribution in [1.29, 1.82) is 0 Å². The molecule has 1 N–H and O–H groups in total. The highest BCUT2D eigenvalue weighted by Crippen LogP contribution is 2.26. The Morgan fingerprint density at radius 3 is 2.18 bits per heavy atom. The lowest BCUT2D eigenvalue weighted by molar-refractivity contribution is 0.0703. The summed E-state index contributed by atoms with van der Waals surface area (Å²) >= 11 is 0. The monoisotopic (exact) mass is 238 g/mol. The SMILES string of the molecule is CC#CCCC(NC)C(C)(CC)N(CC)CC. The van der Waals surface area contributed by atoms with Crippen LogP contribution >= 0.6 is 0 Å². The first-order chi connectivity index (χ1) is 8.10. The molecule has 2 heteroatoms. The van der Waals surface area contributed by atoms with E-state index in [2.05, 4.69) is 56.8 Å². The Kier molecular flexibility index (Phi) is 8.29. The van der Waals surface area contributed by atoms with Crippen LogP contribution in [0.25, 0.3) is 0 Å². The van der Waals surface area contributed by atoms with Crippen molar-refractivity contribution in [2.75, 3.05) is 20.1 Å². The molecule has 2 unspecified atom stereocenters.